The van der Waals surface area contributed by atoms with Crippen LogP contribution in [-0.2, 0) is 16.1 Å². The van der Waals surface area contributed by atoms with E-state index >= 15 is 0 Å². The van der Waals surface area contributed by atoms with Gasteiger partial charge in [-0.15, -0.1) is 0 Å². The van der Waals surface area contributed by atoms with E-state index in [2.05, 4.69) is 11.9 Å². The Kier molecular flexibility index (Phi) is 7.88. The largest absolute Gasteiger partial charge is 0.494 e. The Bertz CT molecular complexity index is 1200. The smallest absolute Gasteiger partial charge is 0.363 e. The highest BCUT2D eigenvalue weighted by Crippen LogP contribution is 2.26. The third kappa shape index (κ3) is 5.99. The summed E-state index contributed by atoms with van der Waals surface area (Å²) in [6.07, 6.45) is 3.75. The third-order valence-corrected chi connectivity index (χ3v) is 5.82. The van der Waals surface area contributed by atoms with Crippen molar-refractivity contribution in [1.29, 1.82) is 0 Å². The number of unbranched alkanes of at least 4 members (excludes halogenated alkanes) is 1. The van der Waals surface area contributed by atoms with Gasteiger partial charge in [-0.25, -0.2) is 9.79 Å². The van der Waals surface area contributed by atoms with Crippen LogP contribution in [0.2, 0.25) is 10.0 Å². The van der Waals surface area contributed by atoms with E-state index < -0.39 is 5.97 Å². The highest BCUT2D eigenvalue weighted by atomic mass is 35.5. The predicted octanol–water partition coefficient (Wildman–Crippen LogP) is 7.10. The number of aliphatic imine (C=N–C) groups is 1. The molecule has 0 radical (unpaired) electrons. The molecule has 0 N–H and O–H groups in total. The van der Waals surface area contributed by atoms with Crippen molar-refractivity contribution in [3.05, 3.63) is 99.2 Å². The van der Waals surface area contributed by atoms with Gasteiger partial charge in [0.15, 0.2) is 5.70 Å². The molecule has 0 amide bonds. The number of ether oxygens (including phenoxy) is 3. The Morgan fingerprint density at radius 1 is 0.912 bits per heavy atom. The molecule has 0 saturated carbocycles. The molecule has 1 aliphatic heterocycles. The van der Waals surface area contributed by atoms with Crippen LogP contribution < -0.4 is 9.47 Å². The van der Waals surface area contributed by atoms with Gasteiger partial charge in [0.05, 0.1) is 6.61 Å². The second-order valence-corrected chi connectivity index (χ2v) is 8.43. The van der Waals surface area contributed by atoms with Crippen molar-refractivity contribution in [3.8, 4) is 11.5 Å². The van der Waals surface area contributed by atoms with E-state index in [1.165, 1.54) is 0 Å². The topological polar surface area (TPSA) is 57.1 Å². The fourth-order valence-corrected chi connectivity index (χ4v) is 3.71. The molecule has 0 aliphatic carbocycles. The number of carbonyl (C=O) groups excluding carboxylic acids is 1. The number of benzene rings is 3. The van der Waals surface area contributed by atoms with Crippen LogP contribution in [-0.4, -0.2) is 18.5 Å². The summed E-state index contributed by atoms with van der Waals surface area (Å²) in [5, 5.41) is 1.11. The lowest BCUT2D eigenvalue weighted by atomic mass is 10.2. The van der Waals surface area contributed by atoms with Crippen molar-refractivity contribution in [1.82, 2.24) is 0 Å². The fourth-order valence-electron chi connectivity index (χ4n) is 3.20. The number of hydrogen-bond donors (Lipinski definition) is 0. The van der Waals surface area contributed by atoms with Gasteiger partial charge >= 0.3 is 5.97 Å². The van der Waals surface area contributed by atoms with Gasteiger partial charge in [-0.1, -0.05) is 54.7 Å². The zero-order valence-electron chi connectivity index (χ0n) is 18.6. The van der Waals surface area contributed by atoms with E-state index in [0.717, 1.165) is 29.7 Å². The molecule has 0 spiro atoms. The second kappa shape index (κ2) is 11.2. The molecule has 5 nitrogen and oxygen atoms in total. The number of carbonyl (C=O) groups is 1. The number of nitrogens with zero attached hydrogens (tertiary/aromatic N) is 1. The van der Waals surface area contributed by atoms with E-state index in [1.807, 2.05) is 36.4 Å². The van der Waals surface area contributed by atoms with Crippen molar-refractivity contribution in [3.63, 3.8) is 0 Å². The number of halogens is 2. The number of cyclic esters (lactones) is 1. The van der Waals surface area contributed by atoms with Crippen LogP contribution in [0.25, 0.3) is 6.08 Å². The summed E-state index contributed by atoms with van der Waals surface area (Å²) in [5.74, 6) is 1.20. The van der Waals surface area contributed by atoms with Crippen molar-refractivity contribution in [2.45, 2.75) is 26.4 Å². The van der Waals surface area contributed by atoms with Gasteiger partial charge in [0.2, 0.25) is 5.90 Å². The summed E-state index contributed by atoms with van der Waals surface area (Å²) in [6, 6.07) is 19.9. The van der Waals surface area contributed by atoms with Crippen LogP contribution in [0.15, 0.2) is 77.4 Å². The molecule has 0 fully saturated rings. The lowest BCUT2D eigenvalue weighted by Gasteiger charge is -2.09. The zero-order chi connectivity index (χ0) is 23.9. The maximum atomic E-state index is 12.3. The second-order valence-electron chi connectivity index (χ2n) is 7.62. The van der Waals surface area contributed by atoms with Crippen LogP contribution in [0.3, 0.4) is 0 Å². The summed E-state index contributed by atoms with van der Waals surface area (Å²) in [6.45, 7) is 3.04. The first-order valence-electron chi connectivity index (χ1n) is 10.9. The van der Waals surface area contributed by atoms with Crippen LogP contribution in [0.5, 0.6) is 11.5 Å². The van der Waals surface area contributed by atoms with E-state index in [1.54, 1.807) is 36.4 Å². The van der Waals surface area contributed by atoms with Crippen LogP contribution in [0.1, 0.15) is 36.5 Å². The molecule has 1 heterocycles. The first kappa shape index (κ1) is 23.9. The van der Waals surface area contributed by atoms with Gasteiger partial charge < -0.3 is 14.2 Å². The lowest BCUT2D eigenvalue weighted by molar-refractivity contribution is -0.129. The summed E-state index contributed by atoms with van der Waals surface area (Å²) >= 11 is 12.4. The molecule has 34 heavy (non-hydrogen) atoms. The molecular formula is C27H23Cl2NO4. The molecule has 3 aromatic carbocycles. The minimum atomic E-state index is -0.494. The lowest BCUT2D eigenvalue weighted by Crippen LogP contribution is -2.05. The SMILES string of the molecule is CCCCOc1ccc(C2=N/C(=C/c3ccc(OCc4c(Cl)cccc4Cl)cc3)C(=O)O2)cc1. The molecule has 0 aromatic heterocycles. The van der Waals surface area contributed by atoms with Crippen LogP contribution in [0, 0.1) is 0 Å². The molecule has 0 bridgehead atoms. The Morgan fingerprint density at radius 2 is 1.56 bits per heavy atom. The van der Waals surface area contributed by atoms with Gasteiger partial charge in [-0.05, 0) is 66.6 Å². The average molecular weight is 496 g/mol. The van der Waals surface area contributed by atoms with Crippen molar-refractivity contribution in [2.24, 2.45) is 4.99 Å². The highest BCUT2D eigenvalue weighted by molar-refractivity contribution is 6.35. The Labute approximate surface area is 208 Å². The molecule has 7 heteroatoms. The van der Waals surface area contributed by atoms with E-state index in [9.17, 15) is 4.79 Å². The van der Waals surface area contributed by atoms with Gasteiger partial charge in [-0.2, -0.15) is 0 Å². The molecule has 174 valence electrons. The Morgan fingerprint density at radius 3 is 2.24 bits per heavy atom. The predicted molar refractivity (Wildman–Crippen MR) is 135 cm³/mol. The van der Waals surface area contributed by atoms with Crippen LogP contribution in [0.4, 0.5) is 0 Å². The fraction of sp³-hybridized carbons (Fsp3) is 0.185. The summed E-state index contributed by atoms with van der Waals surface area (Å²) in [4.78, 5) is 16.7. The third-order valence-electron chi connectivity index (χ3n) is 5.12. The van der Waals surface area contributed by atoms with Crippen molar-refractivity contribution >= 4 is 41.1 Å². The van der Waals surface area contributed by atoms with E-state index in [0.29, 0.717) is 28.0 Å². The molecule has 0 unspecified atom stereocenters. The van der Waals surface area contributed by atoms with Crippen molar-refractivity contribution < 1.29 is 19.0 Å². The minimum Gasteiger partial charge on any atom is -0.494 e. The summed E-state index contributed by atoms with van der Waals surface area (Å²) < 4.78 is 16.8. The molecule has 4 rings (SSSR count). The van der Waals surface area contributed by atoms with Gasteiger partial charge in [0.1, 0.15) is 18.1 Å². The molecule has 1 aliphatic rings. The summed E-state index contributed by atoms with van der Waals surface area (Å²) in [5.41, 5.74) is 2.46. The molecular weight excluding hydrogens is 473 g/mol. The average Bonchev–Trinajstić information content (AvgIpc) is 3.20. The maximum Gasteiger partial charge on any atom is 0.363 e. The monoisotopic (exact) mass is 495 g/mol. The molecule has 0 saturated heterocycles. The highest BCUT2D eigenvalue weighted by Gasteiger charge is 2.24. The van der Waals surface area contributed by atoms with Gasteiger partial charge in [0, 0.05) is 21.2 Å². The van der Waals surface area contributed by atoms with Crippen molar-refractivity contribution in [2.75, 3.05) is 6.61 Å². The normalized spacial score (nSPS) is 14.1. The van der Waals surface area contributed by atoms with E-state index in [-0.39, 0.29) is 18.2 Å². The first-order chi connectivity index (χ1) is 16.5. The first-order valence-corrected chi connectivity index (χ1v) is 11.7. The quantitative estimate of drug-likeness (QED) is 0.180. The van der Waals surface area contributed by atoms with E-state index in [4.69, 9.17) is 37.4 Å². The number of esters is 1. The molecule has 0 atom stereocenters. The Balaban J connectivity index is 1.41. The van der Waals surface area contributed by atoms with Gasteiger partial charge in [-0.3, -0.25) is 0 Å². The zero-order valence-corrected chi connectivity index (χ0v) is 20.1. The van der Waals surface area contributed by atoms with Crippen LogP contribution >= 0.6 is 23.2 Å². The van der Waals surface area contributed by atoms with Gasteiger partial charge in [0.25, 0.3) is 0 Å². The number of rotatable bonds is 9. The standard InChI is InChI=1S/C27H23Cl2NO4/c1-2-3-15-32-20-13-9-19(10-14-20)26-30-25(27(31)34-26)16-18-7-11-21(12-8-18)33-17-22-23(28)5-4-6-24(22)29/h4-14,16H,2-3,15,17H2,1H3/b25-16+. The summed E-state index contributed by atoms with van der Waals surface area (Å²) in [7, 11) is 0. The maximum absolute atomic E-state index is 12.3. The molecule has 3 aromatic rings. The minimum absolute atomic E-state index is 0.231. The number of hydrogen-bond acceptors (Lipinski definition) is 5. The Hall–Kier alpha value is -3.28.